The van der Waals surface area contributed by atoms with Crippen LogP contribution in [0.2, 0.25) is 0 Å². The van der Waals surface area contributed by atoms with Crippen molar-refractivity contribution in [1.82, 2.24) is 4.98 Å². The molecule has 0 atom stereocenters. The van der Waals surface area contributed by atoms with Gasteiger partial charge >= 0.3 is 0 Å². The highest BCUT2D eigenvalue weighted by Gasteiger charge is 1.93. The summed E-state index contributed by atoms with van der Waals surface area (Å²) in [5.74, 6) is 0. The molecule has 2 aromatic rings. The number of aromatic nitrogens is 1. The van der Waals surface area contributed by atoms with Gasteiger partial charge in [-0.1, -0.05) is 24.3 Å². The van der Waals surface area contributed by atoms with Crippen molar-refractivity contribution in [3.8, 4) is 0 Å². The van der Waals surface area contributed by atoms with Crippen molar-refractivity contribution in [3.05, 3.63) is 42.2 Å². The summed E-state index contributed by atoms with van der Waals surface area (Å²) in [4.78, 5) is 4.33. The first kappa shape index (κ1) is 7.35. The number of hydrogen-bond acceptors (Lipinski definition) is 1. The normalized spacial score (nSPS) is 10.3. The lowest BCUT2D eigenvalue weighted by Gasteiger charge is -1.98. The maximum atomic E-state index is 4.33. The van der Waals surface area contributed by atoms with Crippen molar-refractivity contribution in [3.63, 3.8) is 0 Å². The number of nitrogens with zero attached hydrogens (tertiary/aromatic N) is 1. The van der Waals surface area contributed by atoms with Crippen molar-refractivity contribution >= 4 is 18.6 Å². The zero-order chi connectivity index (χ0) is 8.39. The van der Waals surface area contributed by atoms with Gasteiger partial charge in [0.15, 0.2) is 0 Å². The van der Waals surface area contributed by atoms with Crippen LogP contribution in [0.3, 0.4) is 0 Å². The highest BCUT2D eigenvalue weighted by Crippen LogP contribution is 2.12. The molecule has 0 spiro atoms. The lowest BCUT2D eigenvalue weighted by atomic mass is 10.00. The third-order valence-electron chi connectivity index (χ3n) is 2.05. The fourth-order valence-corrected chi connectivity index (χ4v) is 1.32. The Kier molecular flexibility index (Phi) is 1.82. The van der Waals surface area contributed by atoms with Gasteiger partial charge < -0.3 is 0 Å². The molecule has 0 unspecified atom stereocenters. The third kappa shape index (κ3) is 1.20. The van der Waals surface area contributed by atoms with Gasteiger partial charge in [0, 0.05) is 17.3 Å². The molecule has 0 saturated heterocycles. The molecular weight excluding hydrogens is 145 g/mol. The van der Waals surface area contributed by atoms with Crippen LogP contribution in [0.1, 0.15) is 5.69 Å². The van der Waals surface area contributed by atoms with E-state index in [1.807, 2.05) is 12.3 Å². The molecule has 58 valence electrons. The van der Waals surface area contributed by atoms with Crippen LogP contribution in [0.15, 0.2) is 36.5 Å². The number of rotatable bonds is 1. The Bertz CT molecular complexity index is 398. The molecule has 0 aliphatic rings. The Labute approximate surface area is 72.8 Å². The van der Waals surface area contributed by atoms with Gasteiger partial charge in [-0.25, -0.2) is 0 Å². The summed E-state index contributed by atoms with van der Waals surface area (Å²) in [6.45, 7) is 0. The van der Waals surface area contributed by atoms with E-state index in [0.29, 0.717) is 0 Å². The van der Waals surface area contributed by atoms with E-state index in [2.05, 4.69) is 37.1 Å². The van der Waals surface area contributed by atoms with Gasteiger partial charge in [-0.15, -0.1) is 0 Å². The summed E-state index contributed by atoms with van der Waals surface area (Å²) in [6.07, 6.45) is 2.94. The summed E-state index contributed by atoms with van der Waals surface area (Å²) in [5.41, 5.74) is 1.16. The van der Waals surface area contributed by atoms with Gasteiger partial charge in [-0.2, -0.15) is 0 Å². The summed E-state index contributed by atoms with van der Waals surface area (Å²) in [5, 5.41) is 2.50. The second-order valence-electron chi connectivity index (χ2n) is 2.88. The summed E-state index contributed by atoms with van der Waals surface area (Å²) >= 11 is 0. The molecule has 0 bridgehead atoms. The minimum atomic E-state index is 1.00. The van der Waals surface area contributed by atoms with Crippen LogP contribution >= 0.6 is 0 Å². The maximum absolute atomic E-state index is 4.33. The van der Waals surface area contributed by atoms with Crippen LogP contribution < -0.4 is 0 Å². The van der Waals surface area contributed by atoms with Crippen molar-refractivity contribution in [1.29, 1.82) is 0 Å². The Balaban J connectivity index is 2.67. The van der Waals surface area contributed by atoms with E-state index < -0.39 is 0 Å². The molecule has 0 radical (unpaired) electrons. The van der Waals surface area contributed by atoms with Gasteiger partial charge in [0.25, 0.3) is 0 Å². The summed E-state index contributed by atoms with van der Waals surface area (Å²) < 4.78 is 0. The molecule has 0 fully saturated rings. The fourth-order valence-electron chi connectivity index (χ4n) is 1.32. The van der Waals surface area contributed by atoms with Crippen molar-refractivity contribution in [2.24, 2.45) is 0 Å². The predicted octanol–water partition coefficient (Wildman–Crippen LogP) is 1.37. The Hall–Kier alpha value is -1.31. The molecule has 0 N–H and O–H groups in total. The molecule has 2 heteroatoms. The SMILES string of the molecule is BCc1cc2ccccc2cn1. The van der Waals surface area contributed by atoms with Crippen molar-refractivity contribution < 1.29 is 0 Å². The van der Waals surface area contributed by atoms with E-state index in [1.165, 1.54) is 10.8 Å². The summed E-state index contributed by atoms with van der Waals surface area (Å²) in [6, 6.07) is 10.4. The topological polar surface area (TPSA) is 12.9 Å². The van der Waals surface area contributed by atoms with E-state index in [-0.39, 0.29) is 0 Å². The van der Waals surface area contributed by atoms with Crippen LogP contribution in [0, 0.1) is 0 Å². The van der Waals surface area contributed by atoms with Crippen molar-refractivity contribution in [2.75, 3.05) is 0 Å². The van der Waals surface area contributed by atoms with Crippen LogP contribution in [0.25, 0.3) is 10.8 Å². The average molecular weight is 155 g/mol. The minimum Gasteiger partial charge on any atom is -0.261 e. The highest BCUT2D eigenvalue weighted by molar-refractivity contribution is 6.08. The summed E-state index contributed by atoms with van der Waals surface area (Å²) in [7, 11) is 2.12. The molecule has 0 saturated carbocycles. The molecular formula is C10H10BN. The molecule has 2 rings (SSSR count). The van der Waals surface area contributed by atoms with Crippen LogP contribution in [-0.2, 0) is 6.32 Å². The van der Waals surface area contributed by atoms with Gasteiger partial charge in [0.1, 0.15) is 7.85 Å². The molecule has 1 heterocycles. The number of fused-ring (bicyclic) bond motifs is 1. The molecule has 0 aliphatic heterocycles. The molecule has 1 aromatic heterocycles. The van der Waals surface area contributed by atoms with Crippen molar-refractivity contribution in [2.45, 2.75) is 6.32 Å². The first-order valence-corrected chi connectivity index (χ1v) is 4.24. The zero-order valence-electron chi connectivity index (χ0n) is 7.12. The quantitative estimate of drug-likeness (QED) is 0.566. The smallest absolute Gasteiger partial charge is 0.109 e. The van der Waals surface area contributed by atoms with E-state index >= 15 is 0 Å². The lowest BCUT2D eigenvalue weighted by molar-refractivity contribution is 1.19. The molecule has 12 heavy (non-hydrogen) atoms. The second kappa shape index (κ2) is 2.98. The average Bonchev–Trinajstić information content (AvgIpc) is 2.17. The highest BCUT2D eigenvalue weighted by atomic mass is 14.7. The molecule has 0 amide bonds. The predicted molar refractivity (Wildman–Crippen MR) is 54.0 cm³/mol. The Morgan fingerprint density at radius 1 is 1.17 bits per heavy atom. The van der Waals surface area contributed by atoms with Gasteiger partial charge in [0.05, 0.1) is 0 Å². The van der Waals surface area contributed by atoms with E-state index in [1.54, 1.807) is 0 Å². The van der Waals surface area contributed by atoms with E-state index in [0.717, 1.165) is 12.0 Å². The van der Waals surface area contributed by atoms with Gasteiger partial charge in [-0.05, 0) is 17.8 Å². The van der Waals surface area contributed by atoms with Gasteiger partial charge in [0.2, 0.25) is 0 Å². The largest absolute Gasteiger partial charge is 0.261 e. The standard InChI is InChI=1S/C10H10BN/c11-6-10-5-8-3-1-2-4-9(8)7-12-10/h1-5,7H,6,11H2. The monoisotopic (exact) mass is 155 g/mol. The van der Waals surface area contributed by atoms with Gasteiger partial charge in [-0.3, -0.25) is 4.98 Å². The molecule has 1 nitrogen and oxygen atoms in total. The fraction of sp³-hybridized carbons (Fsp3) is 0.100. The zero-order valence-corrected chi connectivity index (χ0v) is 7.12. The van der Waals surface area contributed by atoms with Crippen LogP contribution in [0.5, 0.6) is 0 Å². The minimum absolute atomic E-state index is 1.00. The maximum Gasteiger partial charge on any atom is 0.109 e. The number of hydrogen-bond donors (Lipinski definition) is 0. The molecule has 1 aromatic carbocycles. The van der Waals surface area contributed by atoms with Crippen LogP contribution in [-0.4, -0.2) is 12.8 Å². The van der Waals surface area contributed by atoms with Crippen LogP contribution in [0.4, 0.5) is 0 Å². The lowest BCUT2D eigenvalue weighted by Crippen LogP contribution is -1.88. The third-order valence-corrected chi connectivity index (χ3v) is 2.05. The van der Waals surface area contributed by atoms with E-state index in [9.17, 15) is 0 Å². The Morgan fingerprint density at radius 2 is 1.92 bits per heavy atom. The first-order valence-electron chi connectivity index (χ1n) is 4.24. The van der Waals surface area contributed by atoms with E-state index in [4.69, 9.17) is 0 Å². The number of pyridine rings is 1. The second-order valence-corrected chi connectivity index (χ2v) is 2.88. The first-order chi connectivity index (χ1) is 5.90. The Morgan fingerprint density at radius 3 is 2.67 bits per heavy atom. The molecule has 0 aliphatic carbocycles. The number of benzene rings is 1.